The van der Waals surface area contributed by atoms with Crippen molar-refractivity contribution in [2.45, 2.75) is 12.5 Å². The highest BCUT2D eigenvalue weighted by molar-refractivity contribution is 6.60. The van der Waals surface area contributed by atoms with Crippen LogP contribution >= 0.6 is 0 Å². The summed E-state index contributed by atoms with van der Waals surface area (Å²) in [5, 5.41) is 0. The average molecular weight is 264 g/mol. The zero-order chi connectivity index (χ0) is 13.5. The summed E-state index contributed by atoms with van der Waals surface area (Å²) in [6.45, 7) is 0.655. The standard InChI is InChI=1S/C10H24N2O4Si/c1-11(2)10(13)12(3)8-7-9-17(14-4,15-5)16-6/h7-9H2,1-6H3. The molecule has 0 aliphatic carbocycles. The SMILES string of the molecule is CO[Si](CCCN(C)C(=O)N(C)C)(OC)OC. The molecule has 0 saturated carbocycles. The first-order chi connectivity index (χ1) is 7.92. The summed E-state index contributed by atoms with van der Waals surface area (Å²) < 4.78 is 15.9. The van der Waals surface area contributed by atoms with E-state index in [9.17, 15) is 4.79 Å². The number of hydrogen-bond acceptors (Lipinski definition) is 4. The molecule has 0 saturated heterocycles. The lowest BCUT2D eigenvalue weighted by atomic mass is 10.4. The fourth-order valence-electron chi connectivity index (χ4n) is 1.53. The molecule has 0 fully saturated rings. The number of rotatable bonds is 7. The van der Waals surface area contributed by atoms with Crippen LogP contribution < -0.4 is 0 Å². The number of carbonyl (C=O) groups excluding carboxylic acids is 1. The number of hydrogen-bond donors (Lipinski definition) is 0. The molecule has 6 nitrogen and oxygen atoms in total. The quantitative estimate of drug-likeness (QED) is 0.640. The number of nitrogens with zero attached hydrogens (tertiary/aromatic N) is 2. The van der Waals surface area contributed by atoms with Gasteiger partial charge in [0.15, 0.2) is 0 Å². The van der Waals surface area contributed by atoms with Crippen LogP contribution in [-0.4, -0.2) is 73.7 Å². The first-order valence-electron chi connectivity index (χ1n) is 5.50. The van der Waals surface area contributed by atoms with Gasteiger partial charge in [-0.2, -0.15) is 0 Å². The second kappa shape index (κ2) is 7.65. The maximum atomic E-state index is 11.6. The number of urea groups is 1. The van der Waals surface area contributed by atoms with Gasteiger partial charge in [-0.05, 0) is 6.42 Å². The Hall–Kier alpha value is -0.633. The summed E-state index contributed by atoms with van der Waals surface area (Å²) in [5.74, 6) is 0. The van der Waals surface area contributed by atoms with Crippen molar-refractivity contribution in [3.63, 3.8) is 0 Å². The Morgan fingerprint density at radius 3 is 1.88 bits per heavy atom. The lowest BCUT2D eigenvalue weighted by Gasteiger charge is -2.26. The topological polar surface area (TPSA) is 51.2 Å². The van der Waals surface area contributed by atoms with E-state index in [0.717, 1.165) is 6.42 Å². The molecule has 7 heteroatoms. The van der Waals surface area contributed by atoms with E-state index in [1.165, 1.54) is 0 Å². The molecule has 2 amide bonds. The van der Waals surface area contributed by atoms with Gasteiger partial charge in [-0.25, -0.2) is 4.79 Å². The predicted molar refractivity (Wildman–Crippen MR) is 67.9 cm³/mol. The Morgan fingerprint density at radius 1 is 1.06 bits per heavy atom. The van der Waals surface area contributed by atoms with E-state index in [1.54, 1.807) is 52.3 Å². The molecule has 0 spiro atoms. The summed E-state index contributed by atoms with van der Waals surface area (Å²) in [7, 11) is 7.52. The van der Waals surface area contributed by atoms with Crippen molar-refractivity contribution in [3.8, 4) is 0 Å². The molecule has 0 aromatic carbocycles. The fourth-order valence-corrected chi connectivity index (χ4v) is 3.23. The van der Waals surface area contributed by atoms with Crippen LogP contribution in [0.1, 0.15) is 6.42 Å². The van der Waals surface area contributed by atoms with Crippen molar-refractivity contribution in [2.75, 3.05) is 49.0 Å². The molecular weight excluding hydrogens is 240 g/mol. The average Bonchev–Trinajstić information content (AvgIpc) is 2.34. The lowest BCUT2D eigenvalue weighted by molar-refractivity contribution is 0.121. The summed E-state index contributed by atoms with van der Waals surface area (Å²) in [4.78, 5) is 14.8. The lowest BCUT2D eigenvalue weighted by Crippen LogP contribution is -2.44. The van der Waals surface area contributed by atoms with Gasteiger partial charge in [0.05, 0.1) is 0 Å². The summed E-state index contributed by atoms with van der Waals surface area (Å²) >= 11 is 0. The van der Waals surface area contributed by atoms with Gasteiger partial charge < -0.3 is 23.1 Å². The highest BCUT2D eigenvalue weighted by Crippen LogP contribution is 2.15. The van der Waals surface area contributed by atoms with Crippen molar-refractivity contribution in [3.05, 3.63) is 0 Å². The van der Waals surface area contributed by atoms with Gasteiger partial charge in [0, 0.05) is 55.1 Å². The Morgan fingerprint density at radius 2 is 1.53 bits per heavy atom. The summed E-state index contributed by atoms with van der Waals surface area (Å²) in [6, 6.07) is 0.686. The molecule has 17 heavy (non-hydrogen) atoms. The van der Waals surface area contributed by atoms with Crippen LogP contribution in [0.25, 0.3) is 0 Å². The van der Waals surface area contributed by atoms with Crippen LogP contribution in [0.5, 0.6) is 0 Å². The molecule has 0 unspecified atom stereocenters. The first kappa shape index (κ1) is 16.4. The molecule has 0 atom stereocenters. The van der Waals surface area contributed by atoms with Crippen molar-refractivity contribution in [1.82, 2.24) is 9.80 Å². The van der Waals surface area contributed by atoms with Gasteiger partial charge in [0.1, 0.15) is 0 Å². The maximum Gasteiger partial charge on any atom is 0.500 e. The molecule has 0 aromatic rings. The minimum Gasteiger partial charge on any atom is -0.377 e. The van der Waals surface area contributed by atoms with Crippen LogP contribution in [0.2, 0.25) is 6.04 Å². The molecule has 0 aliphatic heterocycles. The van der Waals surface area contributed by atoms with Gasteiger partial charge in [-0.3, -0.25) is 0 Å². The normalized spacial score (nSPS) is 11.4. The molecule has 0 radical (unpaired) electrons. The second-order valence-electron chi connectivity index (χ2n) is 4.00. The summed E-state index contributed by atoms with van der Waals surface area (Å²) in [6.07, 6.45) is 0.790. The Balaban J connectivity index is 4.09. The highest BCUT2D eigenvalue weighted by atomic mass is 28.4. The molecule has 102 valence electrons. The van der Waals surface area contributed by atoms with Gasteiger partial charge in [-0.1, -0.05) is 0 Å². The van der Waals surface area contributed by atoms with E-state index in [2.05, 4.69) is 0 Å². The predicted octanol–water partition coefficient (Wildman–Crippen LogP) is 0.868. The molecule has 0 aromatic heterocycles. The molecule has 0 rings (SSSR count). The third kappa shape index (κ3) is 5.03. The Labute approximate surface area is 105 Å². The van der Waals surface area contributed by atoms with Gasteiger partial charge in [-0.15, -0.1) is 0 Å². The van der Waals surface area contributed by atoms with Crippen LogP contribution in [-0.2, 0) is 13.3 Å². The number of carbonyl (C=O) groups is 1. The third-order valence-corrected chi connectivity index (χ3v) is 5.45. The van der Waals surface area contributed by atoms with E-state index >= 15 is 0 Å². The third-order valence-electron chi connectivity index (χ3n) is 2.62. The maximum absolute atomic E-state index is 11.6. The van der Waals surface area contributed by atoms with Crippen molar-refractivity contribution in [2.24, 2.45) is 0 Å². The van der Waals surface area contributed by atoms with E-state index < -0.39 is 8.80 Å². The minimum absolute atomic E-state index is 0.00971. The summed E-state index contributed by atoms with van der Waals surface area (Å²) in [5.41, 5.74) is 0. The highest BCUT2D eigenvalue weighted by Gasteiger charge is 2.37. The Bertz CT molecular complexity index is 226. The van der Waals surface area contributed by atoms with Crippen LogP contribution in [0.15, 0.2) is 0 Å². The zero-order valence-electron chi connectivity index (χ0n) is 11.6. The van der Waals surface area contributed by atoms with Gasteiger partial charge in [0.2, 0.25) is 0 Å². The molecule has 0 N–H and O–H groups in total. The molecule has 0 bridgehead atoms. The Kier molecular flexibility index (Phi) is 7.36. The van der Waals surface area contributed by atoms with E-state index in [0.29, 0.717) is 12.6 Å². The molecular formula is C10H24N2O4Si. The smallest absolute Gasteiger partial charge is 0.377 e. The van der Waals surface area contributed by atoms with Crippen molar-refractivity contribution < 1.29 is 18.1 Å². The second-order valence-corrected chi connectivity index (χ2v) is 7.09. The molecule has 0 heterocycles. The fraction of sp³-hybridized carbons (Fsp3) is 0.900. The van der Waals surface area contributed by atoms with E-state index in [-0.39, 0.29) is 6.03 Å². The van der Waals surface area contributed by atoms with Crippen LogP contribution in [0, 0.1) is 0 Å². The first-order valence-corrected chi connectivity index (χ1v) is 7.43. The monoisotopic (exact) mass is 264 g/mol. The van der Waals surface area contributed by atoms with Crippen molar-refractivity contribution >= 4 is 14.8 Å². The zero-order valence-corrected chi connectivity index (χ0v) is 12.6. The van der Waals surface area contributed by atoms with Crippen LogP contribution in [0.3, 0.4) is 0 Å². The van der Waals surface area contributed by atoms with E-state index in [1.807, 2.05) is 0 Å². The van der Waals surface area contributed by atoms with Crippen LogP contribution in [0.4, 0.5) is 4.79 Å². The van der Waals surface area contributed by atoms with E-state index in [4.69, 9.17) is 13.3 Å². The van der Waals surface area contributed by atoms with Gasteiger partial charge >= 0.3 is 14.8 Å². The molecule has 0 aliphatic rings. The van der Waals surface area contributed by atoms with Gasteiger partial charge in [0.25, 0.3) is 0 Å². The minimum atomic E-state index is -2.50. The number of amides is 2. The van der Waals surface area contributed by atoms with Crippen molar-refractivity contribution in [1.29, 1.82) is 0 Å². The largest absolute Gasteiger partial charge is 0.500 e.